The minimum Gasteiger partial charge on any atom is -0.352 e. The normalized spacial score (nSPS) is 10.8. The van der Waals surface area contributed by atoms with Gasteiger partial charge in [0.05, 0.1) is 0 Å². The van der Waals surface area contributed by atoms with Crippen LogP contribution >= 0.6 is 22.9 Å². The van der Waals surface area contributed by atoms with Gasteiger partial charge in [0.15, 0.2) is 0 Å². The number of carbonyl (C=O) groups excluding carboxylic acids is 1. The molecule has 0 unspecified atom stereocenters. The molecule has 1 aromatic heterocycles. The van der Waals surface area contributed by atoms with Gasteiger partial charge >= 0.3 is 0 Å². The Morgan fingerprint density at radius 3 is 2.84 bits per heavy atom. The summed E-state index contributed by atoms with van der Waals surface area (Å²) in [4.78, 5) is 12.9. The second-order valence-corrected chi connectivity index (χ2v) is 5.41. The second kappa shape index (κ2) is 7.12. The fraction of sp³-hybridized carbons (Fsp3) is 0.133. The highest BCUT2D eigenvalue weighted by Gasteiger charge is 1.98. The van der Waals surface area contributed by atoms with E-state index in [1.165, 1.54) is 11.0 Å². The molecule has 1 aromatic carbocycles. The zero-order chi connectivity index (χ0) is 13.5. The summed E-state index contributed by atoms with van der Waals surface area (Å²) >= 11 is 7.70. The van der Waals surface area contributed by atoms with E-state index in [0.29, 0.717) is 11.6 Å². The van der Waals surface area contributed by atoms with Crippen LogP contribution < -0.4 is 5.32 Å². The zero-order valence-electron chi connectivity index (χ0n) is 10.3. The Kier molecular flexibility index (Phi) is 5.19. The van der Waals surface area contributed by atoms with Crippen LogP contribution in [-0.2, 0) is 11.2 Å². The van der Waals surface area contributed by atoms with Gasteiger partial charge in [0, 0.05) is 22.5 Å². The molecule has 1 amide bonds. The number of amides is 1. The van der Waals surface area contributed by atoms with Crippen LogP contribution in [0.15, 0.2) is 47.9 Å². The number of rotatable bonds is 5. The van der Waals surface area contributed by atoms with Gasteiger partial charge in [0.1, 0.15) is 0 Å². The summed E-state index contributed by atoms with van der Waals surface area (Å²) in [5.74, 6) is -0.100. The Morgan fingerprint density at radius 2 is 2.11 bits per heavy atom. The quantitative estimate of drug-likeness (QED) is 0.835. The van der Waals surface area contributed by atoms with E-state index in [-0.39, 0.29) is 5.91 Å². The Morgan fingerprint density at radius 1 is 1.26 bits per heavy atom. The lowest BCUT2D eigenvalue weighted by molar-refractivity contribution is -0.116. The van der Waals surface area contributed by atoms with Gasteiger partial charge in [0.25, 0.3) is 0 Å². The SMILES string of the molecule is O=C(/C=C/c1ccccc1Cl)NCCc1cccs1. The van der Waals surface area contributed by atoms with Crippen molar-refractivity contribution in [3.63, 3.8) is 0 Å². The van der Waals surface area contributed by atoms with Crippen molar-refractivity contribution in [2.24, 2.45) is 0 Å². The summed E-state index contributed by atoms with van der Waals surface area (Å²) in [7, 11) is 0. The van der Waals surface area contributed by atoms with Crippen molar-refractivity contribution in [3.05, 3.63) is 63.3 Å². The molecular weight excluding hydrogens is 278 g/mol. The first-order chi connectivity index (χ1) is 9.25. The van der Waals surface area contributed by atoms with Crippen LogP contribution in [0.3, 0.4) is 0 Å². The molecule has 2 rings (SSSR count). The lowest BCUT2D eigenvalue weighted by Gasteiger charge is -2.00. The molecule has 4 heteroatoms. The van der Waals surface area contributed by atoms with Crippen LogP contribution in [-0.4, -0.2) is 12.5 Å². The summed E-state index contributed by atoms with van der Waals surface area (Å²) in [5.41, 5.74) is 0.845. The second-order valence-electron chi connectivity index (χ2n) is 3.98. The van der Waals surface area contributed by atoms with Crippen molar-refractivity contribution < 1.29 is 4.79 Å². The molecule has 0 saturated heterocycles. The van der Waals surface area contributed by atoms with Gasteiger partial charge in [-0.15, -0.1) is 11.3 Å². The van der Waals surface area contributed by atoms with E-state index in [4.69, 9.17) is 11.6 Å². The van der Waals surface area contributed by atoms with Crippen molar-refractivity contribution in [1.82, 2.24) is 5.32 Å². The average molecular weight is 292 g/mol. The summed E-state index contributed by atoms with van der Waals surface area (Å²) in [6.07, 6.45) is 4.10. The van der Waals surface area contributed by atoms with E-state index in [1.54, 1.807) is 23.5 Å². The predicted molar refractivity (Wildman–Crippen MR) is 81.5 cm³/mol. The smallest absolute Gasteiger partial charge is 0.244 e. The van der Waals surface area contributed by atoms with Gasteiger partial charge in [-0.25, -0.2) is 0 Å². The maximum atomic E-state index is 11.6. The molecule has 2 nitrogen and oxygen atoms in total. The summed E-state index contributed by atoms with van der Waals surface area (Å²) in [6.45, 7) is 0.645. The zero-order valence-corrected chi connectivity index (χ0v) is 11.9. The highest BCUT2D eigenvalue weighted by Crippen LogP contribution is 2.16. The third-order valence-corrected chi connectivity index (χ3v) is 3.85. The van der Waals surface area contributed by atoms with Crippen molar-refractivity contribution in [1.29, 1.82) is 0 Å². The molecule has 0 aliphatic rings. The third kappa shape index (κ3) is 4.54. The highest BCUT2D eigenvalue weighted by atomic mass is 35.5. The van der Waals surface area contributed by atoms with Gasteiger partial charge < -0.3 is 5.32 Å². The monoisotopic (exact) mass is 291 g/mol. The average Bonchev–Trinajstić information content (AvgIpc) is 2.91. The van der Waals surface area contributed by atoms with Crippen LogP contribution in [0.5, 0.6) is 0 Å². The van der Waals surface area contributed by atoms with Crippen molar-refractivity contribution in [2.45, 2.75) is 6.42 Å². The lowest BCUT2D eigenvalue weighted by Crippen LogP contribution is -2.23. The van der Waals surface area contributed by atoms with Gasteiger partial charge in [0.2, 0.25) is 5.91 Å². The molecule has 0 atom stereocenters. The summed E-state index contributed by atoms with van der Waals surface area (Å²) in [6, 6.07) is 11.5. The third-order valence-electron chi connectivity index (χ3n) is 2.57. The number of nitrogens with one attached hydrogen (secondary N) is 1. The molecule has 0 saturated carbocycles. The minimum atomic E-state index is -0.100. The first kappa shape index (κ1) is 13.8. The molecule has 0 bridgehead atoms. The number of thiophene rings is 1. The summed E-state index contributed by atoms with van der Waals surface area (Å²) < 4.78 is 0. The van der Waals surface area contributed by atoms with Crippen molar-refractivity contribution in [2.75, 3.05) is 6.54 Å². The Labute approximate surface area is 121 Å². The van der Waals surface area contributed by atoms with E-state index in [1.807, 2.05) is 29.6 Å². The number of hydrogen-bond acceptors (Lipinski definition) is 2. The molecule has 1 heterocycles. The Bertz CT molecular complexity index is 563. The Hall–Kier alpha value is -1.58. The maximum absolute atomic E-state index is 11.6. The number of carbonyl (C=O) groups is 1. The van der Waals surface area contributed by atoms with Crippen LogP contribution in [0.4, 0.5) is 0 Å². The van der Waals surface area contributed by atoms with Gasteiger partial charge in [-0.1, -0.05) is 35.9 Å². The van der Waals surface area contributed by atoms with Gasteiger partial charge in [-0.2, -0.15) is 0 Å². The summed E-state index contributed by atoms with van der Waals surface area (Å²) in [5, 5.41) is 5.53. The number of halogens is 1. The van der Waals surface area contributed by atoms with Crippen LogP contribution in [0.1, 0.15) is 10.4 Å². The fourth-order valence-corrected chi connectivity index (χ4v) is 2.51. The van der Waals surface area contributed by atoms with E-state index in [9.17, 15) is 4.79 Å². The number of hydrogen-bond donors (Lipinski definition) is 1. The van der Waals surface area contributed by atoms with Crippen LogP contribution in [0.2, 0.25) is 5.02 Å². The molecule has 1 N–H and O–H groups in total. The van der Waals surface area contributed by atoms with Gasteiger partial charge in [-0.05, 0) is 35.6 Å². The molecule has 2 aromatic rings. The van der Waals surface area contributed by atoms with Crippen molar-refractivity contribution >= 4 is 34.9 Å². The first-order valence-electron chi connectivity index (χ1n) is 5.98. The van der Waals surface area contributed by atoms with Crippen molar-refractivity contribution in [3.8, 4) is 0 Å². The molecule has 0 aliphatic heterocycles. The van der Waals surface area contributed by atoms with E-state index < -0.39 is 0 Å². The predicted octanol–water partition coefficient (Wildman–Crippen LogP) is 3.77. The molecule has 0 radical (unpaired) electrons. The standard InChI is InChI=1S/C15H14ClNOS/c16-14-6-2-1-4-12(14)7-8-15(18)17-10-9-13-5-3-11-19-13/h1-8,11H,9-10H2,(H,17,18)/b8-7+. The minimum absolute atomic E-state index is 0.100. The van der Waals surface area contributed by atoms with Gasteiger partial charge in [-0.3, -0.25) is 4.79 Å². The lowest BCUT2D eigenvalue weighted by atomic mass is 10.2. The fourth-order valence-electron chi connectivity index (χ4n) is 1.60. The van der Waals surface area contributed by atoms with E-state index >= 15 is 0 Å². The molecule has 98 valence electrons. The molecule has 0 spiro atoms. The highest BCUT2D eigenvalue weighted by molar-refractivity contribution is 7.09. The molecular formula is C15H14ClNOS. The van der Waals surface area contributed by atoms with E-state index in [0.717, 1.165) is 12.0 Å². The number of benzene rings is 1. The topological polar surface area (TPSA) is 29.1 Å². The van der Waals surface area contributed by atoms with Crippen LogP contribution in [0.25, 0.3) is 6.08 Å². The largest absolute Gasteiger partial charge is 0.352 e. The molecule has 19 heavy (non-hydrogen) atoms. The van der Waals surface area contributed by atoms with E-state index in [2.05, 4.69) is 11.4 Å². The maximum Gasteiger partial charge on any atom is 0.244 e. The Balaban J connectivity index is 1.79. The molecule has 0 aliphatic carbocycles. The van der Waals surface area contributed by atoms with Crippen LogP contribution in [0, 0.1) is 0 Å². The first-order valence-corrected chi connectivity index (χ1v) is 7.24. The molecule has 0 fully saturated rings.